The molecule has 1 aliphatic carbocycles. The quantitative estimate of drug-likeness (QED) is 0.759. The number of nitrogens with zero attached hydrogens (tertiary/aromatic N) is 1. The summed E-state index contributed by atoms with van der Waals surface area (Å²) in [6.07, 6.45) is 5.02. The molecular formula is C14H15BrClNO. The Bertz CT molecular complexity index is 489. The summed E-state index contributed by atoms with van der Waals surface area (Å²) in [7, 11) is 0. The van der Waals surface area contributed by atoms with Crippen molar-refractivity contribution in [3.63, 3.8) is 0 Å². The first-order valence-electron chi connectivity index (χ1n) is 6.35. The molecule has 0 N–H and O–H groups in total. The number of halogens is 2. The van der Waals surface area contributed by atoms with Gasteiger partial charge in [-0.25, -0.2) is 0 Å². The van der Waals surface area contributed by atoms with E-state index in [2.05, 4.69) is 15.9 Å². The third kappa shape index (κ3) is 2.19. The highest BCUT2D eigenvalue weighted by Gasteiger charge is 2.45. The predicted octanol–water partition coefficient (Wildman–Crippen LogP) is 4.12. The average molecular weight is 329 g/mol. The largest absolute Gasteiger partial charge is 0.339 e. The molecule has 3 rings (SSSR count). The molecule has 1 heterocycles. The fraction of sp³-hybridized carbons (Fsp3) is 0.500. The number of piperidine rings is 1. The van der Waals surface area contributed by atoms with Crippen molar-refractivity contribution in [2.45, 2.75) is 25.7 Å². The molecule has 0 aromatic heterocycles. The van der Waals surface area contributed by atoms with Gasteiger partial charge in [0, 0.05) is 17.6 Å². The maximum Gasteiger partial charge on any atom is 0.255 e. The summed E-state index contributed by atoms with van der Waals surface area (Å²) in [5.41, 5.74) is 1.20. The Morgan fingerprint density at radius 1 is 1.22 bits per heavy atom. The van der Waals surface area contributed by atoms with Crippen LogP contribution in [0, 0.1) is 5.41 Å². The van der Waals surface area contributed by atoms with Crippen molar-refractivity contribution >= 4 is 33.4 Å². The van der Waals surface area contributed by atoms with Gasteiger partial charge in [0.15, 0.2) is 0 Å². The number of rotatable bonds is 1. The molecule has 18 heavy (non-hydrogen) atoms. The van der Waals surface area contributed by atoms with Crippen LogP contribution in [-0.2, 0) is 0 Å². The molecule has 2 fully saturated rings. The molecule has 1 aromatic rings. The minimum atomic E-state index is 0.0665. The summed E-state index contributed by atoms with van der Waals surface area (Å²) in [5.74, 6) is 0.0665. The molecule has 2 aliphatic rings. The van der Waals surface area contributed by atoms with Crippen LogP contribution in [0.1, 0.15) is 36.0 Å². The van der Waals surface area contributed by atoms with Crippen molar-refractivity contribution in [1.29, 1.82) is 0 Å². The summed E-state index contributed by atoms with van der Waals surface area (Å²) in [6.45, 7) is 1.75. The van der Waals surface area contributed by atoms with Gasteiger partial charge < -0.3 is 4.90 Å². The molecule has 0 atom stereocenters. The van der Waals surface area contributed by atoms with Gasteiger partial charge in [-0.3, -0.25) is 4.79 Å². The lowest BCUT2D eigenvalue weighted by atomic mass is 9.93. The van der Waals surface area contributed by atoms with E-state index in [1.807, 2.05) is 17.0 Å². The summed E-state index contributed by atoms with van der Waals surface area (Å²) in [5, 5.41) is 0.522. The molecule has 1 aliphatic heterocycles. The summed E-state index contributed by atoms with van der Waals surface area (Å²) in [4.78, 5) is 14.4. The molecule has 1 spiro atoms. The molecule has 1 saturated heterocycles. The molecule has 0 unspecified atom stereocenters. The maximum atomic E-state index is 12.4. The second-order valence-corrected chi connectivity index (χ2v) is 6.63. The van der Waals surface area contributed by atoms with Crippen LogP contribution < -0.4 is 0 Å². The average Bonchev–Trinajstić information content (AvgIpc) is 3.13. The van der Waals surface area contributed by atoms with Gasteiger partial charge in [0.1, 0.15) is 0 Å². The lowest BCUT2D eigenvalue weighted by Crippen LogP contribution is -2.39. The SMILES string of the molecule is O=C(c1cccc(Br)c1Cl)N1CCC2(CC1)CC2. The monoisotopic (exact) mass is 327 g/mol. The van der Waals surface area contributed by atoms with E-state index < -0.39 is 0 Å². The lowest BCUT2D eigenvalue weighted by Gasteiger charge is -2.32. The topological polar surface area (TPSA) is 20.3 Å². The van der Waals surface area contributed by atoms with Crippen molar-refractivity contribution in [2.24, 2.45) is 5.41 Å². The molecule has 96 valence electrons. The zero-order chi connectivity index (χ0) is 12.8. The molecular weight excluding hydrogens is 314 g/mol. The van der Waals surface area contributed by atoms with E-state index in [9.17, 15) is 4.79 Å². The fourth-order valence-corrected chi connectivity index (χ4v) is 3.27. The van der Waals surface area contributed by atoms with Crippen LogP contribution in [0.5, 0.6) is 0 Å². The van der Waals surface area contributed by atoms with E-state index in [4.69, 9.17) is 11.6 Å². The lowest BCUT2D eigenvalue weighted by molar-refractivity contribution is 0.0678. The van der Waals surface area contributed by atoms with Gasteiger partial charge in [0.05, 0.1) is 10.6 Å². The highest BCUT2D eigenvalue weighted by Crippen LogP contribution is 2.53. The minimum Gasteiger partial charge on any atom is -0.339 e. The number of hydrogen-bond donors (Lipinski definition) is 0. The Hall–Kier alpha value is -0.540. The Labute approximate surface area is 120 Å². The van der Waals surface area contributed by atoms with Crippen LogP contribution in [-0.4, -0.2) is 23.9 Å². The van der Waals surface area contributed by atoms with Gasteiger partial charge >= 0.3 is 0 Å². The number of likely N-dealkylation sites (tertiary alicyclic amines) is 1. The highest BCUT2D eigenvalue weighted by atomic mass is 79.9. The first-order valence-corrected chi connectivity index (χ1v) is 7.52. The Morgan fingerprint density at radius 2 is 1.89 bits per heavy atom. The van der Waals surface area contributed by atoms with Gasteiger partial charge in [-0.1, -0.05) is 17.7 Å². The zero-order valence-electron chi connectivity index (χ0n) is 10.1. The predicted molar refractivity (Wildman–Crippen MR) is 76.0 cm³/mol. The Kier molecular flexibility index (Phi) is 3.15. The molecule has 4 heteroatoms. The molecule has 1 aromatic carbocycles. The van der Waals surface area contributed by atoms with Crippen molar-refractivity contribution in [1.82, 2.24) is 4.90 Å². The van der Waals surface area contributed by atoms with Crippen molar-refractivity contribution < 1.29 is 4.79 Å². The number of carbonyl (C=O) groups excluding carboxylic acids is 1. The standard InChI is InChI=1S/C14H15BrClNO/c15-11-3-1-2-10(12(11)16)13(18)17-8-6-14(4-5-14)7-9-17/h1-3H,4-9H2. The van der Waals surface area contributed by atoms with E-state index in [-0.39, 0.29) is 5.91 Å². The second-order valence-electron chi connectivity index (χ2n) is 5.39. The normalized spacial score (nSPS) is 21.1. The third-order valence-electron chi connectivity index (χ3n) is 4.25. The minimum absolute atomic E-state index is 0.0665. The van der Waals surface area contributed by atoms with Crippen LogP contribution in [0.15, 0.2) is 22.7 Å². The first-order chi connectivity index (χ1) is 8.61. The molecule has 1 amide bonds. The van der Waals surface area contributed by atoms with Crippen LogP contribution in [0.4, 0.5) is 0 Å². The van der Waals surface area contributed by atoms with Crippen LogP contribution >= 0.6 is 27.5 Å². The summed E-state index contributed by atoms with van der Waals surface area (Å²) >= 11 is 9.55. The van der Waals surface area contributed by atoms with Crippen molar-refractivity contribution in [3.05, 3.63) is 33.3 Å². The van der Waals surface area contributed by atoms with Crippen molar-refractivity contribution in [2.75, 3.05) is 13.1 Å². The second kappa shape index (κ2) is 4.53. The Morgan fingerprint density at radius 3 is 2.50 bits per heavy atom. The molecule has 1 saturated carbocycles. The molecule has 0 bridgehead atoms. The highest BCUT2D eigenvalue weighted by molar-refractivity contribution is 9.10. The number of hydrogen-bond acceptors (Lipinski definition) is 1. The van der Waals surface area contributed by atoms with E-state index >= 15 is 0 Å². The van der Waals surface area contributed by atoms with E-state index in [1.165, 1.54) is 12.8 Å². The van der Waals surface area contributed by atoms with Gasteiger partial charge in [-0.05, 0) is 59.2 Å². The molecule has 2 nitrogen and oxygen atoms in total. The van der Waals surface area contributed by atoms with Crippen molar-refractivity contribution in [3.8, 4) is 0 Å². The molecule has 0 radical (unpaired) electrons. The smallest absolute Gasteiger partial charge is 0.255 e. The van der Waals surface area contributed by atoms with E-state index in [1.54, 1.807) is 6.07 Å². The van der Waals surface area contributed by atoms with Crippen LogP contribution in [0.3, 0.4) is 0 Å². The summed E-state index contributed by atoms with van der Waals surface area (Å²) in [6, 6.07) is 5.51. The van der Waals surface area contributed by atoms with Gasteiger partial charge in [-0.15, -0.1) is 0 Å². The van der Waals surface area contributed by atoms with Gasteiger partial charge in [0.2, 0.25) is 0 Å². The number of benzene rings is 1. The van der Waals surface area contributed by atoms with E-state index in [0.717, 1.165) is 30.4 Å². The first kappa shape index (κ1) is 12.5. The van der Waals surface area contributed by atoms with Crippen LogP contribution in [0.2, 0.25) is 5.02 Å². The van der Waals surface area contributed by atoms with Gasteiger partial charge in [0.25, 0.3) is 5.91 Å². The number of amides is 1. The van der Waals surface area contributed by atoms with Crippen LogP contribution in [0.25, 0.3) is 0 Å². The third-order valence-corrected chi connectivity index (χ3v) is 5.55. The van der Waals surface area contributed by atoms with Gasteiger partial charge in [-0.2, -0.15) is 0 Å². The fourth-order valence-electron chi connectivity index (χ4n) is 2.70. The maximum absolute atomic E-state index is 12.4. The number of carbonyl (C=O) groups is 1. The Balaban J connectivity index is 1.76. The van der Waals surface area contributed by atoms with E-state index in [0.29, 0.717) is 16.0 Å². The zero-order valence-corrected chi connectivity index (χ0v) is 12.4. The summed E-state index contributed by atoms with van der Waals surface area (Å²) < 4.78 is 0.783.